The van der Waals surface area contributed by atoms with Gasteiger partial charge in [0.05, 0.1) is 6.10 Å². The Morgan fingerprint density at radius 3 is 2.48 bits per heavy atom. The minimum Gasteiger partial charge on any atom is -0.444 e. The van der Waals surface area contributed by atoms with Crippen molar-refractivity contribution in [2.45, 2.75) is 58.2 Å². The first-order valence-corrected chi connectivity index (χ1v) is 9.38. The summed E-state index contributed by atoms with van der Waals surface area (Å²) in [6.07, 6.45) is 3.10. The summed E-state index contributed by atoms with van der Waals surface area (Å²) in [5, 5.41) is 12.1. The van der Waals surface area contributed by atoms with Crippen molar-refractivity contribution >= 4 is 12.0 Å². The Hall–Kier alpha value is -1.34. The smallest absolute Gasteiger partial charge is 0.408 e. The summed E-state index contributed by atoms with van der Waals surface area (Å²) in [6, 6.07) is 0. The van der Waals surface area contributed by atoms with Gasteiger partial charge in [0.15, 0.2) is 0 Å². The predicted octanol–water partition coefficient (Wildman–Crippen LogP) is 1.21. The van der Waals surface area contributed by atoms with Crippen molar-refractivity contribution in [1.29, 1.82) is 0 Å². The summed E-state index contributed by atoms with van der Waals surface area (Å²) in [5.41, 5.74) is -0.564. The van der Waals surface area contributed by atoms with Gasteiger partial charge in [0.2, 0.25) is 5.91 Å². The van der Waals surface area contributed by atoms with Crippen LogP contribution in [0.2, 0.25) is 0 Å². The molecule has 1 atom stereocenters. The van der Waals surface area contributed by atoms with Gasteiger partial charge in [-0.2, -0.15) is 0 Å². The number of hydrogen-bond donors (Lipinski definition) is 2. The molecule has 25 heavy (non-hydrogen) atoms. The van der Waals surface area contributed by atoms with Crippen LogP contribution in [0.1, 0.15) is 46.5 Å². The molecule has 2 rings (SSSR count). The van der Waals surface area contributed by atoms with E-state index in [2.05, 4.69) is 10.2 Å². The number of carbonyl (C=O) groups excluding carboxylic acids is 2. The fraction of sp³-hybridized carbons (Fsp3) is 0.889. The van der Waals surface area contributed by atoms with E-state index >= 15 is 0 Å². The number of aliphatic hydroxyl groups excluding tert-OH is 1. The number of likely N-dealkylation sites (tertiary alicyclic amines) is 2. The lowest BCUT2D eigenvalue weighted by molar-refractivity contribution is -0.132. The van der Waals surface area contributed by atoms with E-state index in [1.54, 1.807) is 20.8 Å². The standard InChI is InChI=1S/C18H33N3O4/c1-18(2,3)25-17(24)19-11-16(23)21-8-4-5-14(13-21)12-20-9-6-15(22)7-10-20/h14-15,22H,4-13H2,1-3H3,(H,19,24)/t14-/m1/s1. The molecule has 2 aliphatic rings. The lowest BCUT2D eigenvalue weighted by atomic mass is 9.96. The van der Waals surface area contributed by atoms with Crippen LogP contribution in [-0.2, 0) is 9.53 Å². The van der Waals surface area contributed by atoms with Crippen LogP contribution in [0, 0.1) is 5.92 Å². The normalized spacial score (nSPS) is 23.4. The van der Waals surface area contributed by atoms with Crippen molar-refractivity contribution in [3.05, 3.63) is 0 Å². The Labute approximate surface area is 150 Å². The van der Waals surface area contributed by atoms with Crippen LogP contribution >= 0.6 is 0 Å². The molecule has 2 saturated heterocycles. The highest BCUT2D eigenvalue weighted by atomic mass is 16.6. The van der Waals surface area contributed by atoms with Gasteiger partial charge in [-0.3, -0.25) is 4.79 Å². The van der Waals surface area contributed by atoms with Crippen LogP contribution in [0.5, 0.6) is 0 Å². The monoisotopic (exact) mass is 355 g/mol. The Balaban J connectivity index is 1.72. The summed E-state index contributed by atoms with van der Waals surface area (Å²) in [5.74, 6) is 0.416. The van der Waals surface area contributed by atoms with Crippen molar-refractivity contribution in [3.8, 4) is 0 Å². The molecule has 2 heterocycles. The van der Waals surface area contributed by atoms with Crippen LogP contribution in [0.25, 0.3) is 0 Å². The Morgan fingerprint density at radius 1 is 1.16 bits per heavy atom. The van der Waals surface area contributed by atoms with Gasteiger partial charge >= 0.3 is 6.09 Å². The maximum atomic E-state index is 12.4. The lowest BCUT2D eigenvalue weighted by Crippen LogP contribution is -2.48. The van der Waals surface area contributed by atoms with Crippen LogP contribution in [0.4, 0.5) is 4.79 Å². The average molecular weight is 355 g/mol. The molecule has 2 fully saturated rings. The molecule has 0 radical (unpaired) electrons. The summed E-state index contributed by atoms with van der Waals surface area (Å²) < 4.78 is 5.16. The number of alkyl carbamates (subject to hydrolysis) is 1. The summed E-state index contributed by atoms with van der Waals surface area (Å²) >= 11 is 0. The van der Waals surface area contributed by atoms with E-state index in [0.717, 1.165) is 58.4 Å². The van der Waals surface area contributed by atoms with Gasteiger partial charge < -0.3 is 25.0 Å². The Kier molecular flexibility index (Phi) is 7.07. The largest absolute Gasteiger partial charge is 0.444 e. The quantitative estimate of drug-likeness (QED) is 0.792. The van der Waals surface area contributed by atoms with Crippen LogP contribution < -0.4 is 5.32 Å². The Morgan fingerprint density at radius 2 is 1.84 bits per heavy atom. The number of carbonyl (C=O) groups is 2. The number of nitrogens with one attached hydrogen (secondary N) is 1. The van der Waals surface area contributed by atoms with Gasteiger partial charge in [0.25, 0.3) is 0 Å². The first-order valence-electron chi connectivity index (χ1n) is 9.38. The molecule has 0 spiro atoms. The van der Waals surface area contributed by atoms with E-state index in [1.165, 1.54) is 0 Å². The third-order valence-electron chi connectivity index (χ3n) is 4.73. The molecule has 0 aromatic rings. The molecule has 0 aliphatic carbocycles. The molecule has 0 bridgehead atoms. The molecule has 2 N–H and O–H groups in total. The number of nitrogens with zero attached hydrogens (tertiary/aromatic N) is 2. The highest BCUT2D eigenvalue weighted by molar-refractivity contribution is 5.82. The van der Waals surface area contributed by atoms with Crippen LogP contribution in [0.15, 0.2) is 0 Å². The molecule has 144 valence electrons. The second-order valence-corrected chi connectivity index (χ2v) is 8.24. The molecule has 0 aromatic carbocycles. The second-order valence-electron chi connectivity index (χ2n) is 8.24. The zero-order valence-electron chi connectivity index (χ0n) is 15.8. The molecule has 7 nitrogen and oxygen atoms in total. The van der Waals surface area contributed by atoms with E-state index in [4.69, 9.17) is 4.74 Å². The maximum absolute atomic E-state index is 12.4. The maximum Gasteiger partial charge on any atom is 0.408 e. The molecule has 0 aromatic heterocycles. The third-order valence-corrected chi connectivity index (χ3v) is 4.73. The van der Waals surface area contributed by atoms with Gasteiger partial charge in [-0.1, -0.05) is 0 Å². The number of piperidine rings is 2. The molecular formula is C18H33N3O4. The first-order chi connectivity index (χ1) is 11.7. The van der Waals surface area contributed by atoms with E-state index in [-0.39, 0.29) is 18.6 Å². The average Bonchev–Trinajstić information content (AvgIpc) is 2.53. The van der Waals surface area contributed by atoms with Crippen molar-refractivity contribution in [3.63, 3.8) is 0 Å². The topological polar surface area (TPSA) is 82.1 Å². The molecule has 2 amide bonds. The zero-order valence-corrected chi connectivity index (χ0v) is 15.8. The first kappa shape index (κ1) is 20.0. The van der Waals surface area contributed by atoms with E-state index in [9.17, 15) is 14.7 Å². The predicted molar refractivity (Wildman–Crippen MR) is 95.2 cm³/mol. The molecule has 0 unspecified atom stereocenters. The molecule has 7 heteroatoms. The summed E-state index contributed by atoms with van der Waals surface area (Å²) in [6.45, 7) is 9.72. The highest BCUT2D eigenvalue weighted by Gasteiger charge is 2.27. The Bertz CT molecular complexity index is 456. The van der Waals surface area contributed by atoms with Gasteiger partial charge in [-0.05, 0) is 52.4 Å². The van der Waals surface area contributed by atoms with Crippen molar-refractivity contribution in [2.75, 3.05) is 39.3 Å². The minimum absolute atomic E-state index is 0.0163. The second kappa shape index (κ2) is 8.85. The van der Waals surface area contributed by atoms with Crippen molar-refractivity contribution in [1.82, 2.24) is 15.1 Å². The van der Waals surface area contributed by atoms with E-state index in [1.807, 2.05) is 4.90 Å². The van der Waals surface area contributed by atoms with E-state index < -0.39 is 11.7 Å². The lowest BCUT2D eigenvalue weighted by Gasteiger charge is -2.37. The fourth-order valence-corrected chi connectivity index (χ4v) is 3.48. The summed E-state index contributed by atoms with van der Waals surface area (Å²) in [4.78, 5) is 28.3. The molecule has 0 saturated carbocycles. The van der Waals surface area contributed by atoms with Gasteiger partial charge in [-0.15, -0.1) is 0 Å². The number of rotatable bonds is 4. The molecular weight excluding hydrogens is 322 g/mol. The number of amides is 2. The van der Waals surface area contributed by atoms with Gasteiger partial charge in [0, 0.05) is 32.7 Å². The van der Waals surface area contributed by atoms with Gasteiger partial charge in [0.1, 0.15) is 12.1 Å². The zero-order chi connectivity index (χ0) is 18.4. The van der Waals surface area contributed by atoms with Crippen molar-refractivity contribution < 1.29 is 19.4 Å². The number of ether oxygens (including phenoxy) is 1. The third kappa shape index (κ3) is 7.20. The van der Waals surface area contributed by atoms with Crippen molar-refractivity contribution in [2.24, 2.45) is 5.92 Å². The minimum atomic E-state index is -0.564. The molecule has 2 aliphatic heterocycles. The highest BCUT2D eigenvalue weighted by Crippen LogP contribution is 2.20. The summed E-state index contributed by atoms with van der Waals surface area (Å²) in [7, 11) is 0. The number of aliphatic hydroxyl groups is 1. The SMILES string of the molecule is CC(C)(C)OC(=O)NCC(=O)N1CCC[C@H](CN2CCC(O)CC2)C1. The fourth-order valence-electron chi connectivity index (χ4n) is 3.48. The van der Waals surface area contributed by atoms with Gasteiger partial charge in [-0.25, -0.2) is 4.79 Å². The van der Waals surface area contributed by atoms with E-state index in [0.29, 0.717) is 5.92 Å². The number of hydrogen-bond acceptors (Lipinski definition) is 5. The van der Waals surface area contributed by atoms with Crippen LogP contribution in [0.3, 0.4) is 0 Å². The van der Waals surface area contributed by atoms with Crippen LogP contribution in [-0.4, -0.2) is 77.9 Å².